The number of aromatic nitrogens is 3. The van der Waals surface area contributed by atoms with Crippen LogP contribution in [-0.2, 0) is 4.74 Å². The molecule has 1 saturated heterocycles. The van der Waals surface area contributed by atoms with Gasteiger partial charge in [0.1, 0.15) is 12.3 Å². The van der Waals surface area contributed by atoms with E-state index in [4.69, 9.17) is 11.2 Å². The van der Waals surface area contributed by atoms with E-state index in [2.05, 4.69) is 27.7 Å². The van der Waals surface area contributed by atoms with E-state index in [1.807, 2.05) is 0 Å². The zero-order chi connectivity index (χ0) is 18.5. The van der Waals surface area contributed by atoms with Crippen LogP contribution < -0.4 is 5.56 Å². The number of fused-ring (bicyclic) bond motifs is 1. The third kappa shape index (κ3) is 3.66. The molecule has 0 bridgehead atoms. The molecule has 26 heavy (non-hydrogen) atoms. The van der Waals surface area contributed by atoms with E-state index in [1.165, 1.54) is 6.33 Å². The van der Waals surface area contributed by atoms with Crippen LogP contribution in [0.1, 0.15) is 43.9 Å². The number of nitrogens with one attached hydrogen (secondary N) is 1. The lowest BCUT2D eigenvalue weighted by Crippen LogP contribution is -2.24. The van der Waals surface area contributed by atoms with Crippen LogP contribution in [0.4, 0.5) is 0 Å². The summed E-state index contributed by atoms with van der Waals surface area (Å²) in [5.41, 5.74) is 0.737. The number of H-pyrrole nitrogens is 1. The van der Waals surface area contributed by atoms with Crippen LogP contribution in [0.5, 0.6) is 0 Å². The minimum absolute atomic E-state index is 0.269. The van der Waals surface area contributed by atoms with E-state index in [0.717, 1.165) is 19.3 Å². The van der Waals surface area contributed by atoms with Gasteiger partial charge in [-0.3, -0.25) is 4.79 Å². The fourth-order valence-corrected chi connectivity index (χ4v) is 3.06. The van der Waals surface area contributed by atoms with Crippen molar-refractivity contribution in [3.63, 3.8) is 0 Å². The first kappa shape index (κ1) is 18.2. The van der Waals surface area contributed by atoms with E-state index in [9.17, 15) is 15.0 Å². The Morgan fingerprint density at radius 1 is 1.42 bits per heavy atom. The Balaban J connectivity index is 1.90. The molecule has 0 spiro atoms. The van der Waals surface area contributed by atoms with Gasteiger partial charge in [-0.2, -0.15) is 0 Å². The number of hydrogen-bond donors (Lipinski definition) is 3. The minimum Gasteiger partial charge on any atom is -0.394 e. The van der Waals surface area contributed by atoms with Gasteiger partial charge in [0.2, 0.25) is 0 Å². The third-order valence-electron chi connectivity index (χ3n) is 4.41. The zero-order valence-electron chi connectivity index (χ0n) is 14.3. The Labute approximate surface area is 151 Å². The van der Waals surface area contributed by atoms with Gasteiger partial charge in [0, 0.05) is 25.5 Å². The maximum atomic E-state index is 12.3. The molecule has 1 aliphatic heterocycles. The molecule has 3 atom stereocenters. The van der Waals surface area contributed by atoms with Crippen molar-refractivity contribution in [3.05, 3.63) is 28.4 Å². The highest BCUT2D eigenvalue weighted by molar-refractivity contribution is 5.82. The molecule has 7 heteroatoms. The molecule has 0 radical (unpaired) electrons. The molecule has 3 N–H and O–H groups in total. The van der Waals surface area contributed by atoms with Crippen molar-refractivity contribution in [3.8, 4) is 24.2 Å². The lowest BCUT2D eigenvalue weighted by atomic mass is 10.2. The van der Waals surface area contributed by atoms with Crippen molar-refractivity contribution >= 4 is 11.0 Å². The largest absolute Gasteiger partial charge is 0.394 e. The van der Waals surface area contributed by atoms with Gasteiger partial charge in [-0.25, -0.2) is 4.98 Å². The normalized spacial score (nSPS) is 22.1. The average Bonchev–Trinajstić information content (AvgIpc) is 3.19. The van der Waals surface area contributed by atoms with Crippen LogP contribution in [-0.4, -0.2) is 43.6 Å². The molecule has 2 aromatic heterocycles. The molecular weight excluding hydrogens is 334 g/mol. The predicted octanol–water partition coefficient (Wildman–Crippen LogP) is 0.910. The van der Waals surface area contributed by atoms with Gasteiger partial charge in [0.05, 0.1) is 30.0 Å². The van der Waals surface area contributed by atoms with Crippen molar-refractivity contribution in [2.45, 2.75) is 50.5 Å². The minimum atomic E-state index is -0.768. The van der Waals surface area contributed by atoms with Gasteiger partial charge in [0.25, 0.3) is 5.56 Å². The molecule has 2 aromatic rings. The number of unbranched alkanes of at least 4 members (excludes halogenated alkanes) is 3. The summed E-state index contributed by atoms with van der Waals surface area (Å²) < 4.78 is 7.38. The quantitative estimate of drug-likeness (QED) is 0.547. The number of aliphatic hydroxyl groups excluding tert-OH is 2. The van der Waals surface area contributed by atoms with Gasteiger partial charge in [0.15, 0.2) is 5.65 Å². The van der Waals surface area contributed by atoms with Gasteiger partial charge in [-0.05, 0) is 12.8 Å². The summed E-state index contributed by atoms with van der Waals surface area (Å²) in [6.07, 6.45) is 9.91. The fourth-order valence-electron chi connectivity index (χ4n) is 3.06. The first-order valence-corrected chi connectivity index (χ1v) is 8.60. The van der Waals surface area contributed by atoms with E-state index in [-0.39, 0.29) is 12.2 Å². The molecule has 136 valence electrons. The van der Waals surface area contributed by atoms with E-state index in [0.29, 0.717) is 29.4 Å². The summed E-state index contributed by atoms with van der Waals surface area (Å²) in [4.78, 5) is 19.1. The molecular formula is C19H21N3O4. The molecule has 3 rings (SSSR count). The van der Waals surface area contributed by atoms with E-state index >= 15 is 0 Å². The Morgan fingerprint density at radius 3 is 2.96 bits per heavy atom. The van der Waals surface area contributed by atoms with Gasteiger partial charge >= 0.3 is 0 Å². The van der Waals surface area contributed by atoms with Crippen molar-refractivity contribution in [2.24, 2.45) is 0 Å². The summed E-state index contributed by atoms with van der Waals surface area (Å²) in [5, 5.41) is 19.6. The molecule has 7 nitrogen and oxygen atoms in total. The summed E-state index contributed by atoms with van der Waals surface area (Å²) in [6, 6.07) is 0. The number of hydrogen-bond acceptors (Lipinski definition) is 5. The van der Waals surface area contributed by atoms with E-state index in [1.54, 1.807) is 10.8 Å². The second-order valence-corrected chi connectivity index (χ2v) is 6.21. The fraction of sp³-hybridized carbons (Fsp3) is 0.474. The Bertz CT molecular complexity index is 928. The lowest BCUT2D eigenvalue weighted by Gasteiger charge is -2.14. The molecule has 0 unspecified atom stereocenters. The number of rotatable bonds is 5. The van der Waals surface area contributed by atoms with Gasteiger partial charge < -0.3 is 24.5 Å². The van der Waals surface area contributed by atoms with E-state index < -0.39 is 18.4 Å². The highest BCUT2D eigenvalue weighted by atomic mass is 16.5. The van der Waals surface area contributed by atoms with Crippen molar-refractivity contribution in [1.82, 2.24) is 14.5 Å². The highest BCUT2D eigenvalue weighted by Crippen LogP contribution is 2.31. The average molecular weight is 355 g/mol. The second-order valence-electron chi connectivity index (χ2n) is 6.21. The molecule has 0 saturated carbocycles. The molecule has 0 aromatic carbocycles. The SMILES string of the molecule is C#CCCCCC#Cc1cn([C@H]2C[C@H](O)[C@@H](CO)O2)c2nc[nH]c(=O)c12. The van der Waals surface area contributed by atoms with Crippen LogP contribution in [0.25, 0.3) is 11.0 Å². The highest BCUT2D eigenvalue weighted by Gasteiger charge is 2.35. The van der Waals surface area contributed by atoms with Crippen LogP contribution in [0.15, 0.2) is 17.3 Å². The Hall–Kier alpha value is -2.58. The molecule has 1 fully saturated rings. The predicted molar refractivity (Wildman–Crippen MR) is 96.2 cm³/mol. The topological polar surface area (TPSA) is 100 Å². The lowest BCUT2D eigenvalue weighted by molar-refractivity contribution is -0.0430. The van der Waals surface area contributed by atoms with Crippen LogP contribution >= 0.6 is 0 Å². The maximum Gasteiger partial charge on any atom is 0.261 e. The standard InChI is InChI=1S/C19H21N3O4/c1-2-3-4-5-6-7-8-13-10-22(16-9-14(24)15(11-23)26-16)18-17(13)19(25)21-12-20-18/h1,10,12,14-16,23-24H,3-6,9,11H2,(H,20,21,25)/t14-,15+,16+/m0/s1. The summed E-state index contributed by atoms with van der Waals surface area (Å²) >= 11 is 0. The van der Waals surface area contributed by atoms with Crippen LogP contribution in [0.3, 0.4) is 0 Å². The number of nitrogens with zero attached hydrogens (tertiary/aromatic N) is 2. The smallest absolute Gasteiger partial charge is 0.261 e. The molecule has 1 aliphatic rings. The summed E-state index contributed by atoms with van der Waals surface area (Å²) in [6.45, 7) is -0.269. The monoisotopic (exact) mass is 355 g/mol. The molecule has 3 heterocycles. The zero-order valence-corrected chi connectivity index (χ0v) is 14.3. The maximum absolute atomic E-state index is 12.3. The van der Waals surface area contributed by atoms with Crippen LogP contribution in [0, 0.1) is 24.2 Å². The Kier molecular flexibility index (Phi) is 5.75. The van der Waals surface area contributed by atoms with Crippen molar-refractivity contribution < 1.29 is 14.9 Å². The number of aromatic amines is 1. The first-order valence-electron chi connectivity index (χ1n) is 8.60. The molecule has 0 amide bonds. The van der Waals surface area contributed by atoms with Gasteiger partial charge in [-0.1, -0.05) is 11.8 Å². The van der Waals surface area contributed by atoms with Crippen molar-refractivity contribution in [1.29, 1.82) is 0 Å². The van der Waals surface area contributed by atoms with Crippen LogP contribution in [0.2, 0.25) is 0 Å². The van der Waals surface area contributed by atoms with Gasteiger partial charge in [-0.15, -0.1) is 12.3 Å². The second kappa shape index (κ2) is 8.20. The number of ether oxygens (including phenoxy) is 1. The number of terminal acetylenes is 1. The summed E-state index contributed by atoms with van der Waals surface area (Å²) in [7, 11) is 0. The first-order chi connectivity index (χ1) is 12.7. The molecule has 0 aliphatic carbocycles. The third-order valence-corrected chi connectivity index (χ3v) is 4.41. The van der Waals surface area contributed by atoms with Crippen molar-refractivity contribution in [2.75, 3.05) is 6.61 Å². The Morgan fingerprint density at radius 2 is 2.23 bits per heavy atom. The number of aliphatic hydroxyl groups is 2. The summed E-state index contributed by atoms with van der Waals surface area (Å²) in [5.74, 6) is 8.70.